The molecule has 0 aliphatic carbocycles. The van der Waals surface area contributed by atoms with Gasteiger partial charge in [0, 0.05) is 21.8 Å². The van der Waals surface area contributed by atoms with E-state index in [0.29, 0.717) is 30.0 Å². The topological polar surface area (TPSA) is 64.6 Å². The molecule has 0 fully saturated rings. The first-order valence-electron chi connectivity index (χ1n) is 10.4. The molecule has 168 valence electrons. The van der Waals surface area contributed by atoms with E-state index in [4.69, 9.17) is 9.47 Å². The summed E-state index contributed by atoms with van der Waals surface area (Å²) < 4.78 is 12.0. The zero-order valence-corrected chi connectivity index (χ0v) is 20.8. The third-order valence-corrected chi connectivity index (χ3v) is 6.46. The third-order valence-electron chi connectivity index (χ3n) is 5.04. The lowest BCUT2D eigenvalue weighted by atomic mass is 10.0. The van der Waals surface area contributed by atoms with Gasteiger partial charge in [-0.05, 0) is 62.1 Å². The summed E-state index contributed by atoms with van der Waals surface area (Å²) >= 11 is 4.75. The molecule has 3 rings (SSSR count). The molecule has 0 radical (unpaired) electrons. The number of hydrogen-bond acceptors (Lipinski definition) is 5. The van der Waals surface area contributed by atoms with E-state index < -0.39 is 5.97 Å². The van der Waals surface area contributed by atoms with E-state index in [0.717, 1.165) is 26.9 Å². The average molecular weight is 516 g/mol. The Balaban J connectivity index is 1.65. The van der Waals surface area contributed by atoms with Gasteiger partial charge in [-0.25, -0.2) is 4.79 Å². The summed E-state index contributed by atoms with van der Waals surface area (Å²) in [6.45, 7) is 6.53. The van der Waals surface area contributed by atoms with Crippen LogP contribution in [0.5, 0.6) is 5.75 Å². The Morgan fingerprint density at radius 3 is 2.56 bits per heavy atom. The van der Waals surface area contributed by atoms with Crippen LogP contribution in [0.4, 0.5) is 5.00 Å². The van der Waals surface area contributed by atoms with Gasteiger partial charge in [-0.15, -0.1) is 11.3 Å². The van der Waals surface area contributed by atoms with E-state index in [1.54, 1.807) is 6.92 Å². The number of esters is 1. The molecule has 7 heteroatoms. The van der Waals surface area contributed by atoms with Crippen LogP contribution in [0, 0.1) is 13.8 Å². The summed E-state index contributed by atoms with van der Waals surface area (Å²) in [6, 6.07) is 13.6. The van der Waals surface area contributed by atoms with Crippen molar-refractivity contribution >= 4 is 44.1 Å². The van der Waals surface area contributed by atoms with Crippen molar-refractivity contribution in [3.8, 4) is 16.9 Å². The first-order chi connectivity index (χ1) is 15.4. The van der Waals surface area contributed by atoms with Gasteiger partial charge >= 0.3 is 5.97 Å². The Morgan fingerprint density at radius 2 is 1.84 bits per heavy atom. The van der Waals surface area contributed by atoms with E-state index in [1.807, 2.05) is 61.7 Å². The lowest BCUT2D eigenvalue weighted by Crippen LogP contribution is -2.15. The van der Waals surface area contributed by atoms with Crippen molar-refractivity contribution in [1.29, 1.82) is 0 Å². The smallest absolute Gasteiger partial charge is 0.341 e. The lowest BCUT2D eigenvalue weighted by Gasteiger charge is -2.11. The number of ether oxygens (including phenoxy) is 2. The fourth-order valence-corrected chi connectivity index (χ4v) is 4.42. The van der Waals surface area contributed by atoms with Crippen molar-refractivity contribution in [3.63, 3.8) is 0 Å². The van der Waals surface area contributed by atoms with Crippen LogP contribution in [0.25, 0.3) is 11.1 Å². The molecular weight excluding hydrogens is 490 g/mol. The van der Waals surface area contributed by atoms with Gasteiger partial charge in [-0.3, -0.25) is 4.79 Å². The maximum Gasteiger partial charge on any atom is 0.341 e. The molecule has 1 heterocycles. The summed E-state index contributed by atoms with van der Waals surface area (Å²) in [7, 11) is 0. The standard InChI is InChI=1S/C25H26BrNO4S/c1-4-30-25(29)23-20(18-10-12-19(26)13-11-18)15-32-24(23)27-22(28)9-6-14-31-21-8-5-7-16(2)17(21)3/h5,7-8,10-13,15H,4,6,9,14H2,1-3H3,(H,27,28). The number of hydrogen-bond donors (Lipinski definition) is 1. The minimum absolute atomic E-state index is 0.163. The monoisotopic (exact) mass is 515 g/mol. The molecule has 0 spiro atoms. The van der Waals surface area contributed by atoms with Crippen LogP contribution >= 0.6 is 27.3 Å². The summed E-state index contributed by atoms with van der Waals surface area (Å²) in [6.07, 6.45) is 0.859. The molecule has 0 unspecified atom stereocenters. The van der Waals surface area contributed by atoms with Gasteiger partial charge in [-0.2, -0.15) is 0 Å². The SMILES string of the molecule is CCOC(=O)c1c(-c2ccc(Br)cc2)csc1NC(=O)CCCOc1cccc(C)c1C. The van der Waals surface area contributed by atoms with Gasteiger partial charge in [0.2, 0.25) is 5.91 Å². The highest BCUT2D eigenvalue weighted by Gasteiger charge is 2.22. The zero-order valence-electron chi connectivity index (χ0n) is 18.4. The highest BCUT2D eigenvalue weighted by Crippen LogP contribution is 2.36. The Bertz CT molecular complexity index is 1090. The predicted molar refractivity (Wildman–Crippen MR) is 133 cm³/mol. The van der Waals surface area contributed by atoms with Crippen LogP contribution in [0.3, 0.4) is 0 Å². The molecule has 0 atom stereocenters. The highest BCUT2D eigenvalue weighted by atomic mass is 79.9. The van der Waals surface area contributed by atoms with Crippen LogP contribution in [0.1, 0.15) is 41.3 Å². The number of thiophene rings is 1. The predicted octanol–water partition coefficient (Wildman–Crippen LogP) is 6.77. The second kappa shape index (κ2) is 11.3. The normalized spacial score (nSPS) is 10.6. The van der Waals surface area contributed by atoms with Gasteiger partial charge < -0.3 is 14.8 Å². The number of benzene rings is 2. The van der Waals surface area contributed by atoms with Crippen LogP contribution < -0.4 is 10.1 Å². The minimum Gasteiger partial charge on any atom is -0.493 e. The first-order valence-corrected chi connectivity index (χ1v) is 12.1. The zero-order chi connectivity index (χ0) is 23.1. The van der Waals surface area contributed by atoms with Crippen LogP contribution in [0.2, 0.25) is 0 Å². The van der Waals surface area contributed by atoms with Crippen LogP contribution in [-0.2, 0) is 9.53 Å². The number of carbonyl (C=O) groups is 2. The molecule has 32 heavy (non-hydrogen) atoms. The van der Waals surface area contributed by atoms with E-state index in [9.17, 15) is 9.59 Å². The summed E-state index contributed by atoms with van der Waals surface area (Å²) in [5.74, 6) is 0.233. The molecule has 5 nitrogen and oxygen atoms in total. The molecule has 0 saturated carbocycles. The fourth-order valence-electron chi connectivity index (χ4n) is 3.18. The van der Waals surface area contributed by atoms with Gasteiger partial charge in [-0.1, -0.05) is 40.2 Å². The molecule has 0 saturated heterocycles. The second-order valence-electron chi connectivity index (χ2n) is 7.28. The second-order valence-corrected chi connectivity index (χ2v) is 9.07. The molecule has 1 N–H and O–H groups in total. The molecule has 3 aromatic rings. The molecular formula is C25H26BrNO4S. The highest BCUT2D eigenvalue weighted by molar-refractivity contribution is 9.10. The van der Waals surface area contributed by atoms with E-state index >= 15 is 0 Å². The molecule has 2 aromatic carbocycles. The van der Waals surface area contributed by atoms with Gasteiger partial charge in [0.05, 0.1) is 13.2 Å². The first kappa shape index (κ1) is 24.0. The fraction of sp³-hybridized carbons (Fsp3) is 0.280. The quantitative estimate of drug-likeness (QED) is 0.252. The van der Waals surface area contributed by atoms with Crippen molar-refractivity contribution in [1.82, 2.24) is 0 Å². The van der Waals surface area contributed by atoms with E-state index in [-0.39, 0.29) is 12.5 Å². The summed E-state index contributed by atoms with van der Waals surface area (Å²) in [5.41, 5.74) is 4.30. The minimum atomic E-state index is -0.444. The van der Waals surface area contributed by atoms with Crippen molar-refractivity contribution in [3.05, 3.63) is 69.0 Å². The number of aryl methyl sites for hydroxylation is 1. The van der Waals surface area contributed by atoms with Gasteiger partial charge in [0.25, 0.3) is 0 Å². The maximum absolute atomic E-state index is 12.6. The largest absolute Gasteiger partial charge is 0.493 e. The Kier molecular flexibility index (Phi) is 8.47. The maximum atomic E-state index is 12.6. The third kappa shape index (κ3) is 5.99. The van der Waals surface area contributed by atoms with Crippen molar-refractivity contribution < 1.29 is 19.1 Å². The number of nitrogens with one attached hydrogen (secondary N) is 1. The number of rotatable bonds is 9. The van der Waals surface area contributed by atoms with E-state index in [1.165, 1.54) is 16.9 Å². The molecule has 1 aromatic heterocycles. The molecule has 0 aliphatic heterocycles. The summed E-state index contributed by atoms with van der Waals surface area (Å²) in [5, 5.41) is 5.26. The van der Waals surface area contributed by atoms with Crippen molar-refractivity contribution in [2.75, 3.05) is 18.5 Å². The average Bonchev–Trinajstić information content (AvgIpc) is 3.18. The molecule has 0 aliphatic rings. The Labute approximate surface area is 200 Å². The van der Waals surface area contributed by atoms with E-state index in [2.05, 4.69) is 21.2 Å². The Hall–Kier alpha value is -2.64. The molecule has 0 bridgehead atoms. The van der Waals surface area contributed by atoms with Crippen LogP contribution in [0.15, 0.2) is 52.3 Å². The molecule has 1 amide bonds. The van der Waals surface area contributed by atoms with Crippen molar-refractivity contribution in [2.45, 2.75) is 33.6 Å². The van der Waals surface area contributed by atoms with Crippen molar-refractivity contribution in [2.24, 2.45) is 0 Å². The van der Waals surface area contributed by atoms with Gasteiger partial charge in [0.15, 0.2) is 0 Å². The van der Waals surface area contributed by atoms with Crippen LogP contribution in [-0.4, -0.2) is 25.1 Å². The number of anilines is 1. The number of halogens is 1. The number of amides is 1. The summed E-state index contributed by atoms with van der Waals surface area (Å²) in [4.78, 5) is 25.2. The lowest BCUT2D eigenvalue weighted by molar-refractivity contribution is -0.116. The number of carbonyl (C=O) groups excluding carboxylic acids is 2. The van der Waals surface area contributed by atoms with Gasteiger partial charge in [0.1, 0.15) is 16.3 Å². The Morgan fingerprint density at radius 1 is 1.09 bits per heavy atom.